The fraction of sp³-hybridized carbons (Fsp3) is 0.750. The molecule has 0 aromatic carbocycles. The smallest absolute Gasteiger partial charge is 0.0889 e. The summed E-state index contributed by atoms with van der Waals surface area (Å²) in [6.45, 7) is 9.68. The van der Waals surface area contributed by atoms with Crippen LogP contribution in [0.2, 0.25) is 0 Å². The van der Waals surface area contributed by atoms with Gasteiger partial charge in [0.25, 0.3) is 0 Å². The zero-order chi connectivity index (χ0) is 14.8. The zero-order valence-electron chi connectivity index (χ0n) is 13.2. The van der Waals surface area contributed by atoms with Gasteiger partial charge in [0.2, 0.25) is 0 Å². The molecule has 0 bridgehead atoms. The summed E-state index contributed by atoms with van der Waals surface area (Å²) in [5, 5.41) is 2.14. The molecule has 114 valence electrons. The fourth-order valence-electron chi connectivity index (χ4n) is 3.37. The molecule has 1 fully saturated rings. The van der Waals surface area contributed by atoms with E-state index in [1.807, 2.05) is 0 Å². The van der Waals surface area contributed by atoms with Gasteiger partial charge in [-0.1, -0.05) is 13.8 Å². The molecule has 1 heterocycles. The quantitative estimate of drug-likeness (QED) is 0.639. The number of hydrogen-bond acceptors (Lipinski definition) is 4. The van der Waals surface area contributed by atoms with E-state index in [-0.39, 0.29) is 11.6 Å². The van der Waals surface area contributed by atoms with E-state index in [4.69, 9.17) is 10.6 Å². The van der Waals surface area contributed by atoms with E-state index in [0.717, 1.165) is 19.4 Å². The number of aryl methyl sites for hydroxylation is 1. The highest BCUT2D eigenvalue weighted by Gasteiger charge is 2.45. The molecule has 20 heavy (non-hydrogen) atoms. The number of rotatable bonds is 5. The van der Waals surface area contributed by atoms with Crippen LogP contribution in [0.4, 0.5) is 0 Å². The molecule has 0 amide bonds. The van der Waals surface area contributed by atoms with Crippen LogP contribution in [0.25, 0.3) is 0 Å². The molecular weight excluding hydrogens is 268 g/mol. The lowest BCUT2D eigenvalue weighted by Crippen LogP contribution is -2.51. The average molecular weight is 296 g/mol. The van der Waals surface area contributed by atoms with Crippen LogP contribution >= 0.6 is 11.3 Å². The molecule has 0 aliphatic heterocycles. The van der Waals surface area contributed by atoms with Crippen molar-refractivity contribution in [3.8, 4) is 0 Å². The Hall–Kier alpha value is -0.420. The van der Waals surface area contributed by atoms with E-state index in [2.05, 4.69) is 44.6 Å². The highest BCUT2D eigenvalue weighted by molar-refractivity contribution is 7.10. The number of nitrogens with two attached hydrogens (primary N) is 1. The molecule has 1 atom stereocenters. The average Bonchev–Trinajstić information content (AvgIpc) is 2.81. The maximum absolute atomic E-state index is 6.26. The van der Waals surface area contributed by atoms with Crippen LogP contribution in [-0.4, -0.2) is 12.2 Å². The largest absolute Gasteiger partial charge is 0.373 e. The maximum Gasteiger partial charge on any atom is 0.0889 e. The molecule has 0 radical (unpaired) electrons. The second-order valence-electron chi connectivity index (χ2n) is 6.69. The summed E-state index contributed by atoms with van der Waals surface area (Å²) >= 11 is 1.78. The van der Waals surface area contributed by atoms with E-state index in [0.29, 0.717) is 5.41 Å². The second kappa shape index (κ2) is 6.14. The Bertz CT molecular complexity index is 431. The van der Waals surface area contributed by atoms with Gasteiger partial charge in [0, 0.05) is 11.5 Å². The van der Waals surface area contributed by atoms with Gasteiger partial charge in [0.15, 0.2) is 0 Å². The molecule has 4 heteroatoms. The first-order valence-electron chi connectivity index (χ1n) is 7.58. The Kier molecular flexibility index (Phi) is 4.90. The van der Waals surface area contributed by atoms with Crippen LogP contribution in [0.15, 0.2) is 11.4 Å². The Balaban J connectivity index is 2.29. The van der Waals surface area contributed by atoms with Crippen LogP contribution < -0.4 is 11.3 Å². The van der Waals surface area contributed by atoms with Crippen molar-refractivity contribution >= 4 is 11.3 Å². The third-order valence-corrected chi connectivity index (χ3v) is 5.65. The molecule has 3 nitrogen and oxygen atoms in total. The van der Waals surface area contributed by atoms with Gasteiger partial charge in [-0.3, -0.25) is 11.3 Å². The molecule has 0 saturated heterocycles. The van der Waals surface area contributed by atoms with E-state index < -0.39 is 0 Å². The molecule has 3 N–H and O–H groups in total. The van der Waals surface area contributed by atoms with E-state index in [1.54, 1.807) is 11.3 Å². The van der Waals surface area contributed by atoms with E-state index in [1.165, 1.54) is 23.3 Å². The first kappa shape index (κ1) is 16.0. The minimum absolute atomic E-state index is 0.0878. The van der Waals surface area contributed by atoms with Gasteiger partial charge in [-0.25, -0.2) is 0 Å². The summed E-state index contributed by atoms with van der Waals surface area (Å²) < 4.78 is 6.26. The Morgan fingerprint density at radius 3 is 2.45 bits per heavy atom. The first-order valence-corrected chi connectivity index (χ1v) is 8.46. The molecule has 1 aromatic heterocycles. The highest BCUT2D eigenvalue weighted by atomic mass is 32.1. The lowest BCUT2D eigenvalue weighted by atomic mass is 9.67. The van der Waals surface area contributed by atoms with Crippen molar-refractivity contribution in [3.63, 3.8) is 0 Å². The van der Waals surface area contributed by atoms with Crippen molar-refractivity contribution in [2.45, 2.75) is 65.0 Å². The van der Waals surface area contributed by atoms with Gasteiger partial charge in [-0.15, -0.1) is 11.3 Å². The first-order chi connectivity index (χ1) is 9.44. The number of hydrogen-bond donors (Lipinski definition) is 2. The summed E-state index contributed by atoms with van der Waals surface area (Å²) in [5.41, 5.74) is 4.60. The third-order valence-electron chi connectivity index (χ3n) is 4.78. The minimum atomic E-state index is -0.162. The predicted molar refractivity (Wildman–Crippen MR) is 85.7 cm³/mol. The number of thiophene rings is 1. The van der Waals surface area contributed by atoms with Crippen molar-refractivity contribution < 1.29 is 4.74 Å². The lowest BCUT2D eigenvalue weighted by molar-refractivity contribution is -0.108. The molecular formula is C16H28N2OS. The van der Waals surface area contributed by atoms with Gasteiger partial charge in [0.05, 0.1) is 11.6 Å². The van der Waals surface area contributed by atoms with Crippen LogP contribution in [0.3, 0.4) is 0 Å². The molecule has 1 aliphatic carbocycles. The maximum atomic E-state index is 6.26. The molecule has 1 aromatic rings. The number of ether oxygens (including phenoxy) is 1. The van der Waals surface area contributed by atoms with Gasteiger partial charge < -0.3 is 4.74 Å². The van der Waals surface area contributed by atoms with Crippen LogP contribution in [0, 0.1) is 12.3 Å². The van der Waals surface area contributed by atoms with Crippen molar-refractivity contribution in [1.82, 2.24) is 5.43 Å². The van der Waals surface area contributed by atoms with Gasteiger partial charge in [-0.05, 0) is 62.0 Å². The minimum Gasteiger partial charge on any atom is -0.373 e. The van der Waals surface area contributed by atoms with E-state index >= 15 is 0 Å². The van der Waals surface area contributed by atoms with Crippen molar-refractivity contribution in [2.75, 3.05) is 6.61 Å². The summed E-state index contributed by atoms with van der Waals surface area (Å²) in [6, 6.07) is 2.27. The van der Waals surface area contributed by atoms with E-state index in [9.17, 15) is 0 Å². The molecule has 1 aliphatic rings. The van der Waals surface area contributed by atoms with Crippen LogP contribution in [0.5, 0.6) is 0 Å². The highest BCUT2D eigenvalue weighted by Crippen LogP contribution is 2.48. The summed E-state index contributed by atoms with van der Waals surface area (Å²) in [6.07, 6.45) is 4.51. The summed E-state index contributed by atoms with van der Waals surface area (Å²) in [4.78, 5) is 1.33. The number of hydrazine groups is 1. The Labute approximate surface area is 126 Å². The predicted octanol–water partition coefficient (Wildman–Crippen LogP) is 3.94. The zero-order valence-corrected chi connectivity index (χ0v) is 14.0. The van der Waals surface area contributed by atoms with Crippen molar-refractivity contribution in [3.05, 3.63) is 21.9 Å². The van der Waals surface area contributed by atoms with Crippen LogP contribution in [-0.2, 0) is 4.74 Å². The topological polar surface area (TPSA) is 47.3 Å². The lowest BCUT2D eigenvalue weighted by Gasteiger charge is -2.47. The number of nitrogens with one attached hydrogen (secondary N) is 1. The van der Waals surface area contributed by atoms with Gasteiger partial charge in [0.1, 0.15) is 0 Å². The monoisotopic (exact) mass is 296 g/mol. The summed E-state index contributed by atoms with van der Waals surface area (Å²) in [7, 11) is 0. The molecule has 1 saturated carbocycles. The standard InChI is InChI=1S/C16H28N2OS/c1-5-19-16(9-7-15(3,4)8-10-16)14(18-17)13-6-11-20-12(13)2/h6,11,14,18H,5,7-10,17H2,1-4H3. The normalized spacial score (nSPS) is 22.6. The van der Waals surface area contributed by atoms with Crippen molar-refractivity contribution in [1.29, 1.82) is 0 Å². The Morgan fingerprint density at radius 2 is 2.00 bits per heavy atom. The van der Waals surface area contributed by atoms with Gasteiger partial charge in [-0.2, -0.15) is 0 Å². The van der Waals surface area contributed by atoms with Crippen molar-refractivity contribution in [2.24, 2.45) is 11.3 Å². The second-order valence-corrected chi connectivity index (χ2v) is 7.81. The molecule has 0 spiro atoms. The summed E-state index contributed by atoms with van der Waals surface area (Å²) in [5.74, 6) is 5.92. The molecule has 1 unspecified atom stereocenters. The molecule has 2 rings (SSSR count). The third kappa shape index (κ3) is 3.08. The Morgan fingerprint density at radius 1 is 1.35 bits per heavy atom. The SMILES string of the molecule is CCOC1(C(NN)c2ccsc2C)CCC(C)(C)CC1. The van der Waals surface area contributed by atoms with Gasteiger partial charge >= 0.3 is 0 Å². The fourth-order valence-corrected chi connectivity index (χ4v) is 4.11. The van der Waals surface area contributed by atoms with Crippen LogP contribution in [0.1, 0.15) is 62.9 Å².